The molecule has 2 aromatic rings. The molecule has 0 aliphatic carbocycles. The summed E-state index contributed by atoms with van der Waals surface area (Å²) in [5.74, 6) is 0.0664. The number of piperidine rings is 1. The molecule has 0 unspecified atom stereocenters. The molecule has 130 valence electrons. The second kappa shape index (κ2) is 6.79. The molecule has 0 aromatic heterocycles. The number of carbonyl (C=O) groups excluding carboxylic acids is 1. The summed E-state index contributed by atoms with van der Waals surface area (Å²) in [5.41, 5.74) is 10.9. The van der Waals surface area contributed by atoms with E-state index in [1.165, 1.54) is 24.9 Å². The van der Waals surface area contributed by atoms with Crippen molar-refractivity contribution in [1.29, 1.82) is 0 Å². The van der Waals surface area contributed by atoms with E-state index in [2.05, 4.69) is 17.0 Å². The maximum absolute atomic E-state index is 13.0. The lowest BCUT2D eigenvalue weighted by atomic mass is 9.99. The number of nitrogen functional groups attached to an aromatic ring is 1. The average Bonchev–Trinajstić information content (AvgIpc) is 2.68. The van der Waals surface area contributed by atoms with Gasteiger partial charge in [-0.05, 0) is 74.1 Å². The van der Waals surface area contributed by atoms with Gasteiger partial charge in [0, 0.05) is 42.3 Å². The summed E-state index contributed by atoms with van der Waals surface area (Å²) in [4.78, 5) is 17.3. The van der Waals surface area contributed by atoms with Gasteiger partial charge in [0.05, 0.1) is 0 Å². The van der Waals surface area contributed by atoms with E-state index in [-0.39, 0.29) is 5.91 Å². The van der Waals surface area contributed by atoms with Gasteiger partial charge in [0.1, 0.15) is 0 Å². The van der Waals surface area contributed by atoms with Crippen molar-refractivity contribution in [2.75, 3.05) is 35.2 Å². The molecular formula is C21H25N3O. The molecule has 2 aliphatic rings. The van der Waals surface area contributed by atoms with Gasteiger partial charge >= 0.3 is 0 Å². The van der Waals surface area contributed by atoms with Crippen LogP contribution in [-0.4, -0.2) is 25.5 Å². The van der Waals surface area contributed by atoms with Crippen LogP contribution in [0.15, 0.2) is 42.5 Å². The Morgan fingerprint density at radius 3 is 2.40 bits per heavy atom. The van der Waals surface area contributed by atoms with Crippen molar-refractivity contribution < 1.29 is 4.79 Å². The largest absolute Gasteiger partial charge is 0.398 e. The third-order valence-corrected chi connectivity index (χ3v) is 5.37. The molecule has 4 nitrogen and oxygen atoms in total. The first kappa shape index (κ1) is 16.0. The van der Waals surface area contributed by atoms with E-state index in [4.69, 9.17) is 5.73 Å². The number of nitrogens with two attached hydrogens (primary N) is 1. The third-order valence-electron chi connectivity index (χ3n) is 5.37. The summed E-state index contributed by atoms with van der Waals surface area (Å²) >= 11 is 0. The van der Waals surface area contributed by atoms with Crippen molar-refractivity contribution in [2.45, 2.75) is 32.1 Å². The van der Waals surface area contributed by atoms with Crippen molar-refractivity contribution in [3.63, 3.8) is 0 Å². The predicted octanol–water partition coefficient (Wildman–Crippen LogP) is 3.85. The predicted molar refractivity (Wildman–Crippen MR) is 103 cm³/mol. The minimum atomic E-state index is 0.0664. The molecule has 0 saturated carbocycles. The number of carbonyl (C=O) groups is 1. The van der Waals surface area contributed by atoms with Gasteiger partial charge in [-0.1, -0.05) is 6.07 Å². The summed E-state index contributed by atoms with van der Waals surface area (Å²) in [5, 5.41) is 0. The van der Waals surface area contributed by atoms with Crippen LogP contribution >= 0.6 is 0 Å². The molecule has 1 amide bonds. The van der Waals surface area contributed by atoms with Crippen LogP contribution in [0.1, 0.15) is 41.6 Å². The quantitative estimate of drug-likeness (QED) is 0.848. The van der Waals surface area contributed by atoms with Crippen LogP contribution < -0.4 is 15.5 Å². The van der Waals surface area contributed by atoms with Crippen LogP contribution in [0.2, 0.25) is 0 Å². The Balaban J connectivity index is 1.57. The molecule has 1 saturated heterocycles. The van der Waals surface area contributed by atoms with Crippen molar-refractivity contribution in [3.05, 3.63) is 53.6 Å². The van der Waals surface area contributed by atoms with Crippen LogP contribution in [0.5, 0.6) is 0 Å². The third kappa shape index (κ3) is 3.09. The van der Waals surface area contributed by atoms with Crippen LogP contribution in [0.25, 0.3) is 0 Å². The van der Waals surface area contributed by atoms with Crippen LogP contribution in [0.3, 0.4) is 0 Å². The Bertz CT molecular complexity index is 763. The van der Waals surface area contributed by atoms with Crippen molar-refractivity contribution >= 4 is 23.0 Å². The maximum Gasteiger partial charge on any atom is 0.258 e. The van der Waals surface area contributed by atoms with E-state index in [0.717, 1.165) is 55.0 Å². The highest BCUT2D eigenvalue weighted by molar-refractivity contribution is 6.07. The van der Waals surface area contributed by atoms with E-state index in [1.807, 2.05) is 35.2 Å². The normalized spacial score (nSPS) is 17.3. The van der Waals surface area contributed by atoms with E-state index in [0.29, 0.717) is 0 Å². The molecule has 0 spiro atoms. The van der Waals surface area contributed by atoms with Gasteiger partial charge < -0.3 is 15.5 Å². The van der Waals surface area contributed by atoms with Gasteiger partial charge in [0.2, 0.25) is 0 Å². The summed E-state index contributed by atoms with van der Waals surface area (Å²) in [6.45, 7) is 2.99. The molecule has 4 heteroatoms. The topological polar surface area (TPSA) is 49.6 Å². The SMILES string of the molecule is Nc1cccc2c1CCCN2C(=O)c1ccc(N2CCCCC2)cc1. The van der Waals surface area contributed by atoms with Gasteiger partial charge in [-0.2, -0.15) is 0 Å². The Labute approximate surface area is 149 Å². The van der Waals surface area contributed by atoms with Gasteiger partial charge in [-0.25, -0.2) is 0 Å². The second-order valence-corrected chi connectivity index (χ2v) is 7.00. The zero-order valence-corrected chi connectivity index (χ0v) is 14.6. The Hall–Kier alpha value is -2.49. The summed E-state index contributed by atoms with van der Waals surface area (Å²) in [6.07, 6.45) is 5.74. The zero-order valence-electron chi connectivity index (χ0n) is 14.6. The molecular weight excluding hydrogens is 310 g/mol. The zero-order chi connectivity index (χ0) is 17.2. The number of hydrogen-bond donors (Lipinski definition) is 1. The first-order valence-corrected chi connectivity index (χ1v) is 9.28. The van der Waals surface area contributed by atoms with Crippen LogP contribution in [0, 0.1) is 0 Å². The smallest absolute Gasteiger partial charge is 0.258 e. The lowest BCUT2D eigenvalue weighted by molar-refractivity contribution is 0.0985. The van der Waals surface area contributed by atoms with Crippen LogP contribution in [0.4, 0.5) is 17.1 Å². The fraction of sp³-hybridized carbons (Fsp3) is 0.381. The summed E-state index contributed by atoms with van der Waals surface area (Å²) < 4.78 is 0. The number of amides is 1. The number of nitrogens with zero attached hydrogens (tertiary/aromatic N) is 2. The first-order chi connectivity index (χ1) is 12.2. The van der Waals surface area contributed by atoms with Gasteiger partial charge in [-0.3, -0.25) is 4.79 Å². The van der Waals surface area contributed by atoms with E-state index >= 15 is 0 Å². The maximum atomic E-state index is 13.0. The van der Waals surface area contributed by atoms with Crippen molar-refractivity contribution in [2.24, 2.45) is 0 Å². The van der Waals surface area contributed by atoms with E-state index in [1.54, 1.807) is 0 Å². The monoisotopic (exact) mass is 335 g/mol. The highest BCUT2D eigenvalue weighted by atomic mass is 16.2. The number of rotatable bonds is 2. The molecule has 2 N–H and O–H groups in total. The fourth-order valence-electron chi connectivity index (χ4n) is 3.99. The molecule has 2 heterocycles. The highest BCUT2D eigenvalue weighted by Crippen LogP contribution is 2.32. The Morgan fingerprint density at radius 2 is 1.64 bits per heavy atom. The van der Waals surface area contributed by atoms with Gasteiger partial charge in [0.25, 0.3) is 5.91 Å². The van der Waals surface area contributed by atoms with Crippen molar-refractivity contribution in [3.8, 4) is 0 Å². The first-order valence-electron chi connectivity index (χ1n) is 9.28. The molecule has 2 aromatic carbocycles. The number of hydrogen-bond acceptors (Lipinski definition) is 3. The van der Waals surface area contributed by atoms with Gasteiger partial charge in [0.15, 0.2) is 0 Å². The minimum absolute atomic E-state index is 0.0664. The molecule has 1 fully saturated rings. The number of fused-ring (bicyclic) bond motifs is 1. The van der Waals surface area contributed by atoms with Crippen LogP contribution in [-0.2, 0) is 6.42 Å². The molecule has 0 bridgehead atoms. The minimum Gasteiger partial charge on any atom is -0.398 e. The average molecular weight is 335 g/mol. The van der Waals surface area contributed by atoms with E-state index in [9.17, 15) is 4.79 Å². The standard InChI is InChI=1S/C21H25N3O/c22-19-7-4-8-20-18(19)6-5-15-24(20)21(25)16-9-11-17(12-10-16)23-13-2-1-3-14-23/h4,7-12H,1-3,5-6,13-15,22H2. The molecule has 25 heavy (non-hydrogen) atoms. The van der Waals surface area contributed by atoms with Crippen molar-refractivity contribution in [1.82, 2.24) is 0 Å². The lowest BCUT2D eigenvalue weighted by Crippen LogP contribution is -2.35. The van der Waals surface area contributed by atoms with Gasteiger partial charge in [-0.15, -0.1) is 0 Å². The molecule has 0 atom stereocenters. The number of anilines is 3. The second-order valence-electron chi connectivity index (χ2n) is 7.00. The summed E-state index contributed by atoms with van der Waals surface area (Å²) in [7, 11) is 0. The molecule has 0 radical (unpaired) electrons. The fourth-order valence-corrected chi connectivity index (χ4v) is 3.99. The molecule has 2 aliphatic heterocycles. The highest BCUT2D eigenvalue weighted by Gasteiger charge is 2.24. The summed E-state index contributed by atoms with van der Waals surface area (Å²) in [6, 6.07) is 14.0. The van der Waals surface area contributed by atoms with E-state index < -0.39 is 0 Å². The Kier molecular flexibility index (Phi) is 4.35. The lowest BCUT2D eigenvalue weighted by Gasteiger charge is -2.31. The Morgan fingerprint density at radius 1 is 0.880 bits per heavy atom. The molecule has 4 rings (SSSR count). The number of benzene rings is 2.